The van der Waals surface area contributed by atoms with Gasteiger partial charge in [-0.1, -0.05) is 0 Å². The zero-order valence-corrected chi connectivity index (χ0v) is 12.2. The second kappa shape index (κ2) is 6.39. The van der Waals surface area contributed by atoms with Crippen LogP contribution in [0, 0.1) is 13.8 Å². The van der Waals surface area contributed by atoms with Gasteiger partial charge in [-0.15, -0.1) is 0 Å². The van der Waals surface area contributed by atoms with Crippen LogP contribution in [0.4, 0.5) is 0 Å². The molecule has 2 aromatic heterocycles. The maximum atomic E-state index is 12.0. The summed E-state index contributed by atoms with van der Waals surface area (Å²) >= 11 is 0. The molecule has 0 fully saturated rings. The number of imidazole rings is 1. The van der Waals surface area contributed by atoms with Crippen molar-refractivity contribution in [2.45, 2.75) is 39.8 Å². The van der Waals surface area contributed by atoms with Crippen LogP contribution in [0.25, 0.3) is 0 Å². The molecule has 0 aliphatic rings. The molecule has 112 valence electrons. The average Bonchev–Trinajstić information content (AvgIpc) is 2.89. The fourth-order valence-electron chi connectivity index (χ4n) is 2.51. The lowest BCUT2D eigenvalue weighted by atomic mass is 10.1. The van der Waals surface area contributed by atoms with E-state index < -0.39 is 5.97 Å². The largest absolute Gasteiger partial charge is 0.478 e. The quantitative estimate of drug-likeness (QED) is 0.823. The van der Waals surface area contributed by atoms with Crippen LogP contribution in [0.15, 0.2) is 29.6 Å². The molecule has 2 aromatic rings. The standard InChI is InChI=1S/C15H19N3O3/c1-11-9-13(19)18(12(2)14(11)15(20)21)7-4-3-6-17-8-5-16-10-17/h5,8-10H,3-4,6-7H2,1-2H3,(H,20,21). The van der Waals surface area contributed by atoms with Crippen molar-refractivity contribution in [1.29, 1.82) is 0 Å². The van der Waals surface area contributed by atoms with Crippen molar-refractivity contribution in [3.8, 4) is 0 Å². The summed E-state index contributed by atoms with van der Waals surface area (Å²) in [6.07, 6.45) is 7.09. The first-order valence-corrected chi connectivity index (χ1v) is 6.91. The molecule has 0 unspecified atom stereocenters. The van der Waals surface area contributed by atoms with E-state index in [0.29, 0.717) is 17.8 Å². The van der Waals surface area contributed by atoms with E-state index in [4.69, 9.17) is 0 Å². The van der Waals surface area contributed by atoms with E-state index in [0.717, 1.165) is 19.4 Å². The Morgan fingerprint density at radius 3 is 2.62 bits per heavy atom. The second-order valence-electron chi connectivity index (χ2n) is 5.09. The molecule has 0 aliphatic heterocycles. The summed E-state index contributed by atoms with van der Waals surface area (Å²) < 4.78 is 3.53. The van der Waals surface area contributed by atoms with Crippen molar-refractivity contribution in [2.24, 2.45) is 0 Å². The average molecular weight is 289 g/mol. The molecule has 0 spiro atoms. The molecular formula is C15H19N3O3. The van der Waals surface area contributed by atoms with Gasteiger partial charge >= 0.3 is 5.97 Å². The van der Waals surface area contributed by atoms with Crippen molar-refractivity contribution >= 4 is 5.97 Å². The van der Waals surface area contributed by atoms with Crippen molar-refractivity contribution in [3.63, 3.8) is 0 Å². The Labute approximate surface area is 122 Å². The lowest BCUT2D eigenvalue weighted by Crippen LogP contribution is -2.25. The number of aryl methyl sites for hydroxylation is 2. The number of hydrogen-bond donors (Lipinski definition) is 1. The molecule has 6 nitrogen and oxygen atoms in total. The Bertz CT molecular complexity index is 687. The van der Waals surface area contributed by atoms with Crippen LogP contribution in [0.1, 0.15) is 34.5 Å². The number of carboxylic acid groups (broad SMARTS) is 1. The number of nitrogens with zero attached hydrogens (tertiary/aromatic N) is 3. The van der Waals surface area contributed by atoms with E-state index in [2.05, 4.69) is 4.98 Å². The minimum atomic E-state index is -0.989. The topological polar surface area (TPSA) is 77.1 Å². The molecule has 21 heavy (non-hydrogen) atoms. The van der Waals surface area contributed by atoms with Gasteiger partial charge in [0.05, 0.1) is 11.9 Å². The van der Waals surface area contributed by atoms with Crippen molar-refractivity contribution in [2.75, 3.05) is 0 Å². The molecule has 2 rings (SSSR count). The van der Waals surface area contributed by atoms with Crippen LogP contribution in [0.5, 0.6) is 0 Å². The predicted molar refractivity (Wildman–Crippen MR) is 78.6 cm³/mol. The number of hydrogen-bond acceptors (Lipinski definition) is 3. The predicted octanol–water partition coefficient (Wildman–Crippen LogP) is 1.84. The monoisotopic (exact) mass is 289 g/mol. The van der Waals surface area contributed by atoms with E-state index in [1.165, 1.54) is 6.07 Å². The number of carboxylic acids is 1. The number of rotatable bonds is 6. The smallest absolute Gasteiger partial charge is 0.337 e. The third-order valence-electron chi connectivity index (χ3n) is 3.59. The van der Waals surface area contributed by atoms with Gasteiger partial charge in [0, 0.05) is 37.2 Å². The highest BCUT2D eigenvalue weighted by atomic mass is 16.4. The molecule has 2 heterocycles. The lowest BCUT2D eigenvalue weighted by molar-refractivity contribution is 0.0694. The molecule has 0 radical (unpaired) electrons. The van der Waals surface area contributed by atoms with Crippen LogP contribution in [-0.4, -0.2) is 25.2 Å². The van der Waals surface area contributed by atoms with Gasteiger partial charge in [-0.25, -0.2) is 9.78 Å². The highest BCUT2D eigenvalue weighted by Gasteiger charge is 2.15. The first kappa shape index (κ1) is 15.0. The van der Waals surface area contributed by atoms with Crippen LogP contribution >= 0.6 is 0 Å². The third kappa shape index (κ3) is 3.39. The summed E-state index contributed by atoms with van der Waals surface area (Å²) in [4.78, 5) is 27.2. The molecule has 1 N–H and O–H groups in total. The summed E-state index contributed by atoms with van der Waals surface area (Å²) in [7, 11) is 0. The highest BCUT2D eigenvalue weighted by molar-refractivity contribution is 5.90. The van der Waals surface area contributed by atoms with Gasteiger partial charge in [-0.3, -0.25) is 4.79 Å². The van der Waals surface area contributed by atoms with Crippen molar-refractivity contribution in [1.82, 2.24) is 14.1 Å². The Balaban J connectivity index is 2.07. The molecule has 0 saturated heterocycles. The molecule has 6 heteroatoms. The normalized spacial score (nSPS) is 10.8. The van der Waals surface area contributed by atoms with Gasteiger partial charge in [-0.2, -0.15) is 0 Å². The fourth-order valence-corrected chi connectivity index (χ4v) is 2.51. The fraction of sp³-hybridized carbons (Fsp3) is 0.400. The zero-order valence-electron chi connectivity index (χ0n) is 12.2. The maximum absolute atomic E-state index is 12.0. The van der Waals surface area contributed by atoms with E-state index in [-0.39, 0.29) is 11.1 Å². The number of aromatic carboxylic acids is 1. The molecule has 0 saturated carbocycles. The van der Waals surface area contributed by atoms with Crippen LogP contribution < -0.4 is 5.56 Å². The van der Waals surface area contributed by atoms with E-state index in [1.807, 2.05) is 10.8 Å². The van der Waals surface area contributed by atoms with Crippen molar-refractivity contribution in [3.05, 3.63) is 52.0 Å². The Morgan fingerprint density at radius 2 is 2.00 bits per heavy atom. The second-order valence-corrected chi connectivity index (χ2v) is 5.09. The van der Waals surface area contributed by atoms with Crippen LogP contribution in [-0.2, 0) is 13.1 Å². The number of carbonyl (C=O) groups is 1. The number of aromatic nitrogens is 3. The molecule has 0 amide bonds. The summed E-state index contributed by atoms with van der Waals surface area (Å²) in [6.45, 7) is 4.71. The zero-order chi connectivity index (χ0) is 15.4. The van der Waals surface area contributed by atoms with E-state index >= 15 is 0 Å². The lowest BCUT2D eigenvalue weighted by Gasteiger charge is -2.14. The van der Waals surface area contributed by atoms with Gasteiger partial charge in [0.15, 0.2) is 0 Å². The van der Waals surface area contributed by atoms with Gasteiger partial charge in [0.1, 0.15) is 0 Å². The van der Waals surface area contributed by atoms with Gasteiger partial charge in [0.2, 0.25) is 0 Å². The van der Waals surface area contributed by atoms with Crippen LogP contribution in [0.3, 0.4) is 0 Å². The Morgan fingerprint density at radius 1 is 1.29 bits per heavy atom. The van der Waals surface area contributed by atoms with E-state index in [9.17, 15) is 14.7 Å². The summed E-state index contributed by atoms with van der Waals surface area (Å²) in [6, 6.07) is 1.40. The maximum Gasteiger partial charge on any atom is 0.337 e. The van der Waals surface area contributed by atoms with Gasteiger partial charge < -0.3 is 14.2 Å². The molecule has 0 bridgehead atoms. The first-order chi connectivity index (χ1) is 10.0. The Hall–Kier alpha value is -2.37. The molecule has 0 atom stereocenters. The summed E-state index contributed by atoms with van der Waals surface area (Å²) in [5.41, 5.74) is 1.12. The summed E-state index contributed by atoms with van der Waals surface area (Å²) in [5.74, 6) is -0.989. The van der Waals surface area contributed by atoms with Gasteiger partial charge in [0.25, 0.3) is 5.56 Å². The molecule has 0 aromatic carbocycles. The minimum absolute atomic E-state index is 0.141. The first-order valence-electron chi connectivity index (χ1n) is 6.91. The summed E-state index contributed by atoms with van der Waals surface area (Å²) in [5, 5.41) is 9.23. The van der Waals surface area contributed by atoms with Gasteiger partial charge in [-0.05, 0) is 32.3 Å². The molecule has 0 aliphatic carbocycles. The minimum Gasteiger partial charge on any atom is -0.478 e. The third-order valence-corrected chi connectivity index (χ3v) is 3.59. The Kier molecular flexibility index (Phi) is 4.57. The highest BCUT2D eigenvalue weighted by Crippen LogP contribution is 2.12. The van der Waals surface area contributed by atoms with E-state index in [1.54, 1.807) is 30.9 Å². The number of unbranched alkanes of at least 4 members (excludes halogenated alkanes) is 1. The molecular weight excluding hydrogens is 270 g/mol. The van der Waals surface area contributed by atoms with Crippen molar-refractivity contribution < 1.29 is 9.90 Å². The van der Waals surface area contributed by atoms with Crippen LogP contribution in [0.2, 0.25) is 0 Å². The number of pyridine rings is 1. The SMILES string of the molecule is Cc1cc(=O)n(CCCCn2ccnc2)c(C)c1C(=O)O.